The minimum atomic E-state index is -0.0791. The molecule has 0 radical (unpaired) electrons. The average molecular weight is 383 g/mol. The molecule has 4 nitrogen and oxygen atoms in total. The van der Waals surface area contributed by atoms with E-state index in [4.69, 9.17) is 21.3 Å². The van der Waals surface area contributed by atoms with Crippen LogP contribution in [0.2, 0.25) is 5.02 Å². The third kappa shape index (κ3) is 3.00. The number of halogens is 1. The molecule has 0 atom stereocenters. The summed E-state index contributed by atoms with van der Waals surface area (Å²) < 4.78 is 5.53. The minimum Gasteiger partial charge on any atom is -0.482 e. The van der Waals surface area contributed by atoms with E-state index in [2.05, 4.69) is 6.58 Å². The SMILES string of the molecule is C=CCN1C(=O)COc2ccc(-c3csc(-c4ccccc4Cl)n3)cc21. The number of benzene rings is 2. The second-order valence-electron chi connectivity index (χ2n) is 5.78. The monoisotopic (exact) mass is 382 g/mol. The van der Waals surface area contributed by atoms with E-state index in [0.717, 1.165) is 27.5 Å². The molecule has 0 saturated carbocycles. The minimum absolute atomic E-state index is 0.0491. The molecular weight excluding hydrogens is 368 g/mol. The smallest absolute Gasteiger partial charge is 0.265 e. The van der Waals surface area contributed by atoms with E-state index in [0.29, 0.717) is 17.3 Å². The van der Waals surface area contributed by atoms with E-state index in [-0.39, 0.29) is 12.5 Å². The van der Waals surface area contributed by atoms with Crippen LogP contribution in [0.5, 0.6) is 5.75 Å². The van der Waals surface area contributed by atoms with Crippen LogP contribution < -0.4 is 9.64 Å². The Balaban J connectivity index is 1.73. The van der Waals surface area contributed by atoms with Crippen molar-refractivity contribution in [3.05, 3.63) is 65.5 Å². The first-order valence-electron chi connectivity index (χ1n) is 8.06. The van der Waals surface area contributed by atoms with Crippen LogP contribution >= 0.6 is 22.9 Å². The van der Waals surface area contributed by atoms with E-state index >= 15 is 0 Å². The molecule has 3 aromatic rings. The molecule has 0 saturated heterocycles. The molecule has 26 heavy (non-hydrogen) atoms. The number of anilines is 1. The van der Waals surface area contributed by atoms with Crippen LogP contribution in [0, 0.1) is 0 Å². The van der Waals surface area contributed by atoms with E-state index < -0.39 is 0 Å². The normalized spacial score (nSPS) is 13.3. The van der Waals surface area contributed by atoms with Gasteiger partial charge in [0, 0.05) is 23.1 Å². The van der Waals surface area contributed by atoms with Crippen molar-refractivity contribution in [2.75, 3.05) is 18.1 Å². The number of nitrogens with zero attached hydrogens (tertiary/aromatic N) is 2. The third-order valence-electron chi connectivity index (χ3n) is 4.12. The summed E-state index contributed by atoms with van der Waals surface area (Å²) in [6.07, 6.45) is 1.71. The number of ether oxygens (including phenoxy) is 1. The van der Waals surface area contributed by atoms with Crippen molar-refractivity contribution in [1.29, 1.82) is 0 Å². The van der Waals surface area contributed by atoms with Gasteiger partial charge in [-0.05, 0) is 24.3 Å². The van der Waals surface area contributed by atoms with Gasteiger partial charge in [0.25, 0.3) is 5.91 Å². The van der Waals surface area contributed by atoms with Crippen molar-refractivity contribution in [2.45, 2.75) is 0 Å². The average Bonchev–Trinajstić information content (AvgIpc) is 3.14. The van der Waals surface area contributed by atoms with Crippen LogP contribution in [0.25, 0.3) is 21.8 Å². The first-order valence-corrected chi connectivity index (χ1v) is 9.32. The predicted molar refractivity (Wildman–Crippen MR) is 106 cm³/mol. The molecule has 1 amide bonds. The first-order chi connectivity index (χ1) is 12.7. The van der Waals surface area contributed by atoms with E-state index in [1.165, 1.54) is 11.3 Å². The number of amides is 1. The molecule has 4 rings (SSSR count). The van der Waals surface area contributed by atoms with Gasteiger partial charge in [0.15, 0.2) is 6.61 Å². The number of aromatic nitrogens is 1. The van der Waals surface area contributed by atoms with Crippen LogP contribution in [-0.2, 0) is 4.79 Å². The number of carbonyl (C=O) groups is 1. The molecule has 0 spiro atoms. The Morgan fingerprint density at radius 3 is 2.96 bits per heavy atom. The number of rotatable bonds is 4. The summed E-state index contributed by atoms with van der Waals surface area (Å²) in [5.41, 5.74) is 3.41. The van der Waals surface area contributed by atoms with Gasteiger partial charge in [-0.2, -0.15) is 0 Å². The van der Waals surface area contributed by atoms with E-state index in [1.807, 2.05) is 47.8 Å². The maximum absolute atomic E-state index is 12.1. The number of fused-ring (bicyclic) bond motifs is 1. The zero-order valence-electron chi connectivity index (χ0n) is 13.8. The maximum Gasteiger partial charge on any atom is 0.265 e. The molecule has 1 aliphatic rings. The molecule has 130 valence electrons. The largest absolute Gasteiger partial charge is 0.482 e. The summed E-state index contributed by atoms with van der Waals surface area (Å²) in [5, 5.41) is 3.53. The van der Waals surface area contributed by atoms with Crippen molar-refractivity contribution < 1.29 is 9.53 Å². The summed E-state index contributed by atoms with van der Waals surface area (Å²) in [6, 6.07) is 13.4. The molecule has 0 N–H and O–H groups in total. The second-order valence-corrected chi connectivity index (χ2v) is 7.05. The Morgan fingerprint density at radius 1 is 1.31 bits per heavy atom. The lowest BCUT2D eigenvalue weighted by Crippen LogP contribution is -2.38. The van der Waals surface area contributed by atoms with Crippen LogP contribution in [0.3, 0.4) is 0 Å². The zero-order chi connectivity index (χ0) is 18.1. The Bertz CT molecular complexity index is 999. The summed E-state index contributed by atoms with van der Waals surface area (Å²) in [6.45, 7) is 4.22. The summed E-state index contributed by atoms with van der Waals surface area (Å²) in [4.78, 5) is 18.5. The summed E-state index contributed by atoms with van der Waals surface area (Å²) in [7, 11) is 0. The second kappa shape index (κ2) is 6.94. The van der Waals surface area contributed by atoms with Crippen LogP contribution in [0.1, 0.15) is 0 Å². The quantitative estimate of drug-likeness (QED) is 0.593. The van der Waals surface area contributed by atoms with Gasteiger partial charge in [-0.25, -0.2) is 4.98 Å². The number of hydrogen-bond donors (Lipinski definition) is 0. The van der Waals surface area contributed by atoms with E-state index in [9.17, 15) is 4.79 Å². The lowest BCUT2D eigenvalue weighted by molar-refractivity contribution is -0.121. The van der Waals surface area contributed by atoms with Gasteiger partial charge in [-0.1, -0.05) is 35.9 Å². The molecule has 0 aliphatic carbocycles. The van der Waals surface area contributed by atoms with Crippen LogP contribution in [0.15, 0.2) is 60.5 Å². The number of carbonyl (C=O) groups excluding carboxylic acids is 1. The number of thiazole rings is 1. The molecule has 1 aromatic heterocycles. The molecule has 0 unspecified atom stereocenters. The van der Waals surface area contributed by atoms with Gasteiger partial charge in [-0.3, -0.25) is 4.79 Å². The Morgan fingerprint density at radius 2 is 2.15 bits per heavy atom. The van der Waals surface area contributed by atoms with Crippen molar-refractivity contribution in [3.8, 4) is 27.6 Å². The molecule has 6 heteroatoms. The van der Waals surface area contributed by atoms with Gasteiger partial charge in [0.1, 0.15) is 10.8 Å². The molecule has 1 aliphatic heterocycles. The topological polar surface area (TPSA) is 42.4 Å². The van der Waals surface area contributed by atoms with Gasteiger partial charge in [0.05, 0.1) is 16.4 Å². The fourth-order valence-corrected chi connectivity index (χ4v) is 4.00. The Hall–Kier alpha value is -2.63. The Labute approximate surface area is 160 Å². The van der Waals surface area contributed by atoms with Crippen molar-refractivity contribution in [2.24, 2.45) is 0 Å². The van der Waals surface area contributed by atoms with Gasteiger partial charge < -0.3 is 9.64 Å². The van der Waals surface area contributed by atoms with Gasteiger partial charge in [-0.15, -0.1) is 17.9 Å². The highest BCUT2D eigenvalue weighted by Gasteiger charge is 2.25. The molecule has 0 fully saturated rings. The molecule has 0 bridgehead atoms. The van der Waals surface area contributed by atoms with Gasteiger partial charge >= 0.3 is 0 Å². The highest BCUT2D eigenvalue weighted by molar-refractivity contribution is 7.13. The standard InChI is InChI=1S/C20H15ClN2O2S/c1-2-9-23-17-10-13(7-8-18(17)25-11-19(23)24)16-12-26-20(22-16)14-5-3-4-6-15(14)21/h2-8,10,12H,1,9,11H2. The fraction of sp³-hybridized carbons (Fsp3) is 0.100. The zero-order valence-corrected chi connectivity index (χ0v) is 15.4. The predicted octanol–water partition coefficient (Wildman–Crippen LogP) is 5.04. The van der Waals surface area contributed by atoms with Crippen LogP contribution in [-0.4, -0.2) is 24.0 Å². The third-order valence-corrected chi connectivity index (χ3v) is 5.32. The van der Waals surface area contributed by atoms with Crippen molar-refractivity contribution >= 4 is 34.5 Å². The molecular formula is C20H15ClN2O2S. The highest BCUT2D eigenvalue weighted by Crippen LogP contribution is 2.38. The lowest BCUT2D eigenvalue weighted by Gasteiger charge is -2.28. The Kier molecular flexibility index (Phi) is 4.49. The van der Waals surface area contributed by atoms with Crippen molar-refractivity contribution in [3.63, 3.8) is 0 Å². The maximum atomic E-state index is 12.1. The molecule has 2 aromatic carbocycles. The summed E-state index contributed by atoms with van der Waals surface area (Å²) in [5.74, 6) is 0.612. The summed E-state index contributed by atoms with van der Waals surface area (Å²) >= 11 is 7.81. The van der Waals surface area contributed by atoms with E-state index in [1.54, 1.807) is 11.0 Å². The van der Waals surface area contributed by atoms with Crippen LogP contribution in [0.4, 0.5) is 5.69 Å². The lowest BCUT2D eigenvalue weighted by atomic mass is 10.1. The highest BCUT2D eigenvalue weighted by atomic mass is 35.5. The van der Waals surface area contributed by atoms with Gasteiger partial charge in [0.2, 0.25) is 0 Å². The number of hydrogen-bond acceptors (Lipinski definition) is 4. The van der Waals surface area contributed by atoms with Crippen molar-refractivity contribution in [1.82, 2.24) is 4.98 Å². The molecule has 2 heterocycles. The fourth-order valence-electron chi connectivity index (χ4n) is 2.86. The first kappa shape index (κ1) is 16.8.